The SMILES string of the molecule is C[Si](C)(O)O[Si](C)(C)O[Si](C)(O[Si](C)(C)O)c1ccccc1. The Morgan fingerprint density at radius 1 is 0.682 bits per heavy atom. The van der Waals surface area contributed by atoms with Gasteiger partial charge in [0.25, 0.3) is 0 Å². The average Bonchev–Trinajstić information content (AvgIpc) is 2.22. The van der Waals surface area contributed by atoms with E-state index in [0.29, 0.717) is 0 Å². The summed E-state index contributed by atoms with van der Waals surface area (Å²) in [6, 6.07) is 9.71. The second-order valence-electron chi connectivity index (χ2n) is 6.91. The number of rotatable bonds is 7. The van der Waals surface area contributed by atoms with E-state index in [1.807, 2.05) is 50.0 Å². The van der Waals surface area contributed by atoms with Gasteiger partial charge in [0.2, 0.25) is 0 Å². The van der Waals surface area contributed by atoms with Gasteiger partial charge in [-0.05, 0) is 51.0 Å². The van der Waals surface area contributed by atoms with Crippen LogP contribution in [0.4, 0.5) is 0 Å². The molecule has 1 unspecified atom stereocenters. The lowest BCUT2D eigenvalue weighted by Gasteiger charge is -2.40. The Balaban J connectivity index is 3.12. The van der Waals surface area contributed by atoms with Gasteiger partial charge in [0.05, 0.1) is 0 Å². The second-order valence-corrected chi connectivity index (χ2v) is 20.4. The predicted octanol–water partition coefficient (Wildman–Crippen LogP) is 2.11. The Labute approximate surface area is 137 Å². The summed E-state index contributed by atoms with van der Waals surface area (Å²) in [6.07, 6.45) is 0. The van der Waals surface area contributed by atoms with Crippen LogP contribution in [0.25, 0.3) is 0 Å². The minimum Gasteiger partial charge on any atom is -0.416 e. The quantitative estimate of drug-likeness (QED) is 0.713. The predicted molar refractivity (Wildman–Crippen MR) is 97.8 cm³/mol. The molecule has 0 saturated carbocycles. The minimum absolute atomic E-state index is 0.950. The largest absolute Gasteiger partial charge is 0.416 e. The molecule has 5 nitrogen and oxygen atoms in total. The van der Waals surface area contributed by atoms with Crippen molar-refractivity contribution >= 4 is 39.4 Å². The molecule has 0 aromatic heterocycles. The van der Waals surface area contributed by atoms with Gasteiger partial charge in [-0.2, -0.15) is 0 Å². The van der Waals surface area contributed by atoms with Crippen molar-refractivity contribution in [1.82, 2.24) is 0 Å². The van der Waals surface area contributed by atoms with E-state index in [0.717, 1.165) is 5.19 Å². The van der Waals surface area contributed by atoms with Crippen molar-refractivity contribution < 1.29 is 21.9 Å². The van der Waals surface area contributed by atoms with E-state index in [9.17, 15) is 9.59 Å². The lowest BCUT2D eigenvalue weighted by molar-refractivity contribution is 0.283. The third-order valence-electron chi connectivity index (χ3n) is 2.68. The molecule has 0 aliphatic heterocycles. The summed E-state index contributed by atoms with van der Waals surface area (Å²) in [5, 5.41) is 0.950. The molecule has 0 saturated heterocycles. The summed E-state index contributed by atoms with van der Waals surface area (Å²) in [5.41, 5.74) is 0. The highest BCUT2D eigenvalue weighted by Gasteiger charge is 2.47. The zero-order chi connectivity index (χ0) is 17.2. The summed E-state index contributed by atoms with van der Waals surface area (Å²) in [5.74, 6) is 0. The zero-order valence-electron chi connectivity index (χ0n) is 14.5. The lowest BCUT2D eigenvalue weighted by Crippen LogP contribution is -2.63. The Morgan fingerprint density at radius 3 is 1.55 bits per heavy atom. The molecule has 22 heavy (non-hydrogen) atoms. The fraction of sp³-hybridized carbons (Fsp3) is 0.538. The molecule has 1 aromatic carbocycles. The van der Waals surface area contributed by atoms with E-state index >= 15 is 0 Å². The Morgan fingerprint density at radius 2 is 1.14 bits per heavy atom. The van der Waals surface area contributed by atoms with Gasteiger partial charge >= 0.3 is 34.2 Å². The smallest absolute Gasteiger partial charge is 0.351 e. The molecule has 0 aliphatic carbocycles. The highest BCUT2D eigenvalue weighted by molar-refractivity contribution is 6.93. The first kappa shape index (κ1) is 19.9. The molecule has 0 amide bonds. The highest BCUT2D eigenvalue weighted by atomic mass is 28.5. The van der Waals surface area contributed by atoms with Crippen LogP contribution < -0.4 is 5.19 Å². The van der Waals surface area contributed by atoms with Crippen LogP contribution in [0.1, 0.15) is 0 Å². The van der Waals surface area contributed by atoms with Gasteiger partial charge in [-0.1, -0.05) is 30.3 Å². The summed E-state index contributed by atoms with van der Waals surface area (Å²) in [6.45, 7) is 12.6. The Bertz CT molecular complexity index is 483. The third-order valence-corrected chi connectivity index (χ3v) is 15.1. The Kier molecular flexibility index (Phi) is 6.15. The molecule has 1 aromatic rings. The van der Waals surface area contributed by atoms with Crippen molar-refractivity contribution in [1.29, 1.82) is 0 Å². The maximum atomic E-state index is 10.2. The van der Waals surface area contributed by atoms with Gasteiger partial charge in [-0.3, -0.25) is 0 Å². The molecular formula is C13H28O5Si4. The third kappa shape index (κ3) is 6.98. The van der Waals surface area contributed by atoms with Crippen LogP contribution >= 0.6 is 0 Å². The molecule has 9 heteroatoms. The van der Waals surface area contributed by atoms with Gasteiger partial charge in [0.1, 0.15) is 0 Å². The minimum atomic E-state index is -2.84. The molecule has 0 spiro atoms. The van der Waals surface area contributed by atoms with E-state index in [2.05, 4.69) is 0 Å². The van der Waals surface area contributed by atoms with Crippen LogP contribution in [0.5, 0.6) is 0 Å². The van der Waals surface area contributed by atoms with Crippen LogP contribution in [0.3, 0.4) is 0 Å². The van der Waals surface area contributed by atoms with Crippen molar-refractivity contribution in [3.8, 4) is 0 Å². The second kappa shape index (κ2) is 6.79. The first-order chi connectivity index (χ1) is 9.73. The van der Waals surface area contributed by atoms with Crippen molar-refractivity contribution in [2.24, 2.45) is 0 Å². The maximum absolute atomic E-state index is 10.2. The maximum Gasteiger partial charge on any atom is 0.351 e. The first-order valence-electron chi connectivity index (χ1n) is 7.33. The van der Waals surface area contributed by atoms with E-state index < -0.39 is 34.2 Å². The number of hydrogen-bond acceptors (Lipinski definition) is 5. The summed E-state index contributed by atoms with van der Waals surface area (Å²) < 4.78 is 18.3. The molecule has 0 heterocycles. The van der Waals surface area contributed by atoms with Crippen molar-refractivity contribution in [3.63, 3.8) is 0 Å². The molecule has 0 fully saturated rings. The molecule has 0 aliphatic rings. The number of benzene rings is 1. The van der Waals surface area contributed by atoms with Gasteiger partial charge in [-0.15, -0.1) is 0 Å². The van der Waals surface area contributed by atoms with Crippen LogP contribution in [-0.2, 0) is 12.3 Å². The monoisotopic (exact) mass is 376 g/mol. The molecule has 1 atom stereocenters. The lowest BCUT2D eigenvalue weighted by atomic mass is 10.4. The molecule has 1 rings (SSSR count). The summed E-state index contributed by atoms with van der Waals surface area (Å²) in [7, 11) is -10.9. The molecule has 0 bridgehead atoms. The molecule has 126 valence electrons. The fourth-order valence-corrected chi connectivity index (χ4v) is 17.6. The van der Waals surface area contributed by atoms with Crippen molar-refractivity contribution in [2.45, 2.75) is 45.8 Å². The molecule has 2 N–H and O–H groups in total. The summed E-state index contributed by atoms with van der Waals surface area (Å²) >= 11 is 0. The standard InChI is InChI=1S/C13H28O5Si4/c1-19(2,14)16-21(5,6)18-22(7,17-20(3,4)15)13-11-9-8-10-12-13/h8-12,14-15H,1-7H3. The average molecular weight is 377 g/mol. The van der Waals surface area contributed by atoms with Crippen molar-refractivity contribution in [3.05, 3.63) is 30.3 Å². The first-order valence-corrected chi connectivity index (χ1v) is 18.2. The summed E-state index contributed by atoms with van der Waals surface area (Å²) in [4.78, 5) is 20.3. The normalized spacial score (nSPS) is 16.4. The molecule has 0 radical (unpaired) electrons. The fourth-order valence-electron chi connectivity index (χ4n) is 2.45. The van der Waals surface area contributed by atoms with Gasteiger partial charge in [-0.25, -0.2) is 0 Å². The van der Waals surface area contributed by atoms with E-state index in [-0.39, 0.29) is 0 Å². The van der Waals surface area contributed by atoms with Crippen LogP contribution in [-0.4, -0.2) is 43.8 Å². The van der Waals surface area contributed by atoms with E-state index in [1.54, 1.807) is 26.2 Å². The van der Waals surface area contributed by atoms with Gasteiger partial charge in [0, 0.05) is 0 Å². The van der Waals surface area contributed by atoms with Crippen LogP contribution in [0.2, 0.25) is 45.8 Å². The molecular weight excluding hydrogens is 348 g/mol. The van der Waals surface area contributed by atoms with Crippen LogP contribution in [0.15, 0.2) is 30.3 Å². The van der Waals surface area contributed by atoms with Gasteiger partial charge in [0.15, 0.2) is 0 Å². The zero-order valence-corrected chi connectivity index (χ0v) is 18.5. The number of hydrogen-bond donors (Lipinski definition) is 2. The highest BCUT2D eigenvalue weighted by Crippen LogP contribution is 2.22. The topological polar surface area (TPSA) is 68.2 Å². The van der Waals surface area contributed by atoms with Crippen LogP contribution in [0, 0.1) is 0 Å². The van der Waals surface area contributed by atoms with Gasteiger partial charge < -0.3 is 21.9 Å². The van der Waals surface area contributed by atoms with Crippen molar-refractivity contribution in [2.75, 3.05) is 0 Å². The van der Waals surface area contributed by atoms with E-state index in [4.69, 9.17) is 12.3 Å². The van der Waals surface area contributed by atoms with E-state index in [1.165, 1.54) is 0 Å². The Hall–Kier alpha value is -0.112.